The Bertz CT molecular complexity index is 797. The topological polar surface area (TPSA) is 55.4 Å². The lowest BCUT2D eigenvalue weighted by atomic mass is 9.99. The Morgan fingerprint density at radius 3 is 2.73 bits per heavy atom. The quantitative estimate of drug-likeness (QED) is 0.797. The van der Waals surface area contributed by atoms with E-state index in [1.165, 1.54) is 0 Å². The van der Waals surface area contributed by atoms with Crippen molar-refractivity contribution in [3.05, 3.63) is 71.3 Å². The number of rotatable bonds is 1. The fourth-order valence-electron chi connectivity index (χ4n) is 3.04. The summed E-state index contributed by atoms with van der Waals surface area (Å²) >= 11 is 0. The highest BCUT2D eigenvalue weighted by atomic mass is 16.5. The highest BCUT2D eigenvalue weighted by molar-refractivity contribution is 5.98. The van der Waals surface area contributed by atoms with Crippen molar-refractivity contribution < 1.29 is 14.3 Å². The third-order valence-corrected chi connectivity index (χ3v) is 4.43. The Balaban J connectivity index is 1.89. The van der Waals surface area contributed by atoms with Crippen LogP contribution >= 0.6 is 0 Å². The first-order chi connectivity index (χ1) is 12.8. The van der Waals surface area contributed by atoms with Gasteiger partial charge in [-0.25, -0.2) is 0 Å². The van der Waals surface area contributed by atoms with Crippen LogP contribution in [0.1, 0.15) is 40.7 Å². The predicted octanol–water partition coefficient (Wildman–Crippen LogP) is 3.80. The first kappa shape index (κ1) is 17.9. The summed E-state index contributed by atoms with van der Waals surface area (Å²) in [4.78, 5) is 24.2. The molecule has 4 nitrogen and oxygen atoms in total. The molecule has 4 heteroatoms. The number of carbonyl (C=O) groups is 2. The smallest absolute Gasteiger partial charge is 0.255 e. The highest BCUT2D eigenvalue weighted by Gasteiger charge is 2.18. The number of aldehydes is 1. The van der Waals surface area contributed by atoms with Gasteiger partial charge in [0.05, 0.1) is 18.2 Å². The number of amides is 1. The first-order valence-corrected chi connectivity index (χ1v) is 9.00. The number of allylic oxidation sites excluding steroid dienone is 1. The van der Waals surface area contributed by atoms with Crippen LogP contribution in [-0.4, -0.2) is 24.8 Å². The van der Waals surface area contributed by atoms with E-state index in [-0.39, 0.29) is 5.91 Å². The number of ether oxygens (including phenoxy) is 1. The minimum absolute atomic E-state index is 0.291. The van der Waals surface area contributed by atoms with Crippen molar-refractivity contribution in [2.75, 3.05) is 6.61 Å². The highest BCUT2D eigenvalue weighted by Crippen LogP contribution is 2.20. The van der Waals surface area contributed by atoms with E-state index in [0.717, 1.165) is 36.7 Å². The fourth-order valence-corrected chi connectivity index (χ4v) is 3.04. The van der Waals surface area contributed by atoms with Crippen molar-refractivity contribution in [2.24, 2.45) is 0 Å². The van der Waals surface area contributed by atoms with Gasteiger partial charge in [-0.1, -0.05) is 48.6 Å². The van der Waals surface area contributed by atoms with Crippen LogP contribution in [0.5, 0.6) is 5.75 Å². The van der Waals surface area contributed by atoms with E-state index in [0.29, 0.717) is 24.3 Å². The van der Waals surface area contributed by atoms with Crippen molar-refractivity contribution >= 4 is 18.3 Å². The van der Waals surface area contributed by atoms with E-state index in [4.69, 9.17) is 4.74 Å². The standard InChI is InChI=1S/C22H23NO3/c24-16-19-15-18-11-5-4-10-17(18)9-3-1-2-8-14-26-21-13-7-6-12-20(21)22(25)23-19/h3-7,9-13,16,19H,1-2,8,14-15H2,(H,23,25)/t19-/m0/s1. The summed E-state index contributed by atoms with van der Waals surface area (Å²) in [6.45, 7) is 0.561. The van der Waals surface area contributed by atoms with Gasteiger partial charge in [0.1, 0.15) is 12.0 Å². The molecule has 2 aromatic rings. The van der Waals surface area contributed by atoms with Gasteiger partial charge >= 0.3 is 0 Å². The van der Waals surface area contributed by atoms with E-state index in [9.17, 15) is 9.59 Å². The van der Waals surface area contributed by atoms with Crippen LogP contribution in [0.25, 0.3) is 6.08 Å². The maximum Gasteiger partial charge on any atom is 0.255 e. The summed E-state index contributed by atoms with van der Waals surface area (Å²) in [5.41, 5.74) is 2.58. The zero-order valence-electron chi connectivity index (χ0n) is 14.7. The normalized spacial score (nSPS) is 18.3. The van der Waals surface area contributed by atoms with E-state index in [2.05, 4.69) is 17.5 Å². The van der Waals surface area contributed by atoms with Gasteiger partial charge in [-0.3, -0.25) is 4.79 Å². The first-order valence-electron chi connectivity index (χ1n) is 9.00. The van der Waals surface area contributed by atoms with Crippen LogP contribution in [0.2, 0.25) is 0 Å². The molecule has 1 aliphatic heterocycles. The molecule has 0 radical (unpaired) electrons. The maximum atomic E-state index is 12.7. The minimum atomic E-state index is -0.588. The molecule has 1 aliphatic rings. The molecule has 1 N–H and O–H groups in total. The summed E-state index contributed by atoms with van der Waals surface area (Å²) < 4.78 is 5.79. The van der Waals surface area contributed by atoms with Gasteiger partial charge in [-0.15, -0.1) is 0 Å². The van der Waals surface area contributed by atoms with Gasteiger partial charge in [0.25, 0.3) is 5.91 Å². The summed E-state index contributed by atoms with van der Waals surface area (Å²) in [6, 6.07) is 14.5. The maximum absolute atomic E-state index is 12.7. The Morgan fingerprint density at radius 2 is 1.85 bits per heavy atom. The second-order valence-electron chi connectivity index (χ2n) is 6.36. The SMILES string of the molecule is O=C[C@@H]1Cc2ccccc2C=CCCCCOc2ccccc2C(=O)N1. The molecule has 2 aromatic carbocycles. The van der Waals surface area contributed by atoms with Gasteiger partial charge in [0, 0.05) is 6.42 Å². The van der Waals surface area contributed by atoms with E-state index >= 15 is 0 Å². The van der Waals surface area contributed by atoms with Gasteiger partial charge < -0.3 is 14.8 Å². The largest absolute Gasteiger partial charge is 0.493 e. The summed E-state index contributed by atoms with van der Waals surface area (Å²) in [5, 5.41) is 2.82. The van der Waals surface area contributed by atoms with Crippen molar-refractivity contribution in [3.8, 4) is 5.75 Å². The van der Waals surface area contributed by atoms with Gasteiger partial charge in [-0.05, 0) is 42.5 Å². The second-order valence-corrected chi connectivity index (χ2v) is 6.36. The second kappa shape index (κ2) is 8.99. The molecule has 0 saturated heterocycles. The summed E-state index contributed by atoms with van der Waals surface area (Å²) in [7, 11) is 0. The number of fused-ring (bicyclic) bond motifs is 2. The number of para-hydroxylation sites is 1. The molecular weight excluding hydrogens is 326 g/mol. The van der Waals surface area contributed by atoms with E-state index in [1.54, 1.807) is 18.2 Å². The van der Waals surface area contributed by atoms with Crippen LogP contribution in [-0.2, 0) is 11.2 Å². The van der Waals surface area contributed by atoms with Crippen LogP contribution in [0.15, 0.2) is 54.6 Å². The molecule has 0 saturated carbocycles. The molecule has 0 aliphatic carbocycles. The molecule has 0 fully saturated rings. The number of carbonyl (C=O) groups excluding carboxylic acids is 2. The van der Waals surface area contributed by atoms with Crippen LogP contribution < -0.4 is 10.1 Å². The molecule has 0 spiro atoms. The monoisotopic (exact) mass is 349 g/mol. The van der Waals surface area contributed by atoms with Crippen LogP contribution in [0.3, 0.4) is 0 Å². The molecule has 1 atom stereocenters. The van der Waals surface area contributed by atoms with Crippen LogP contribution in [0.4, 0.5) is 0 Å². The summed E-state index contributed by atoms with van der Waals surface area (Å²) in [6.07, 6.45) is 8.39. The number of benzene rings is 2. The third kappa shape index (κ3) is 4.60. The molecule has 3 rings (SSSR count). The molecule has 26 heavy (non-hydrogen) atoms. The molecule has 0 aromatic heterocycles. The average Bonchev–Trinajstić information content (AvgIpc) is 2.67. The van der Waals surface area contributed by atoms with Crippen molar-refractivity contribution in [3.63, 3.8) is 0 Å². The van der Waals surface area contributed by atoms with E-state index < -0.39 is 6.04 Å². The Kier molecular flexibility index (Phi) is 6.20. The zero-order chi connectivity index (χ0) is 18.2. The third-order valence-electron chi connectivity index (χ3n) is 4.43. The lowest BCUT2D eigenvalue weighted by molar-refractivity contribution is -0.109. The van der Waals surface area contributed by atoms with Gasteiger partial charge in [0.2, 0.25) is 0 Å². The molecule has 0 bridgehead atoms. The minimum Gasteiger partial charge on any atom is -0.493 e. The van der Waals surface area contributed by atoms with E-state index in [1.807, 2.05) is 30.3 Å². The molecule has 1 heterocycles. The van der Waals surface area contributed by atoms with Crippen molar-refractivity contribution in [2.45, 2.75) is 31.7 Å². The van der Waals surface area contributed by atoms with Gasteiger partial charge in [-0.2, -0.15) is 0 Å². The number of hydrogen-bond donors (Lipinski definition) is 1. The Hall–Kier alpha value is -2.88. The Labute approximate surface area is 153 Å². The van der Waals surface area contributed by atoms with Crippen LogP contribution in [0, 0.1) is 0 Å². The van der Waals surface area contributed by atoms with Crippen molar-refractivity contribution in [1.29, 1.82) is 0 Å². The molecular formula is C22H23NO3. The van der Waals surface area contributed by atoms with Crippen molar-refractivity contribution in [1.82, 2.24) is 5.32 Å². The summed E-state index contributed by atoms with van der Waals surface area (Å²) in [5.74, 6) is 0.265. The molecule has 0 unspecified atom stereocenters. The number of nitrogens with one attached hydrogen (secondary N) is 1. The average molecular weight is 349 g/mol. The fraction of sp³-hybridized carbons (Fsp3) is 0.273. The number of hydrogen-bond acceptors (Lipinski definition) is 3. The predicted molar refractivity (Wildman–Crippen MR) is 102 cm³/mol. The molecule has 1 amide bonds. The molecule has 134 valence electrons. The zero-order valence-corrected chi connectivity index (χ0v) is 14.7. The lowest BCUT2D eigenvalue weighted by Crippen LogP contribution is -2.38. The Morgan fingerprint density at radius 1 is 1.04 bits per heavy atom. The lowest BCUT2D eigenvalue weighted by Gasteiger charge is -2.16. The van der Waals surface area contributed by atoms with Gasteiger partial charge in [0.15, 0.2) is 0 Å².